The van der Waals surface area contributed by atoms with E-state index < -0.39 is 5.41 Å². The van der Waals surface area contributed by atoms with Crippen molar-refractivity contribution in [3.05, 3.63) is 269 Å². The number of nitrogens with zero attached hydrogens (tertiary/aromatic N) is 1. The normalized spacial score (nSPS) is 17.6. The molecule has 1 heteroatoms. The number of hydrogen-bond donors (Lipinski definition) is 0. The van der Waals surface area contributed by atoms with Crippen LogP contribution in [0.4, 0.5) is 11.4 Å². The van der Waals surface area contributed by atoms with Crippen molar-refractivity contribution in [1.82, 2.24) is 0 Å². The zero-order chi connectivity index (χ0) is 41.3. The highest BCUT2D eigenvalue weighted by molar-refractivity contribution is 5.97. The molecule has 7 aromatic rings. The summed E-state index contributed by atoms with van der Waals surface area (Å²) in [7, 11) is 0. The second-order valence-corrected chi connectivity index (χ2v) is 16.8. The maximum atomic E-state index is 2.58. The molecule has 62 heavy (non-hydrogen) atoms. The Kier molecular flexibility index (Phi) is 9.94. The number of para-hydroxylation sites is 1. The van der Waals surface area contributed by atoms with Crippen LogP contribution in [-0.2, 0) is 5.41 Å². The molecule has 1 unspecified atom stereocenters. The Hall–Kier alpha value is -7.22. The molecular formula is C61H49N. The van der Waals surface area contributed by atoms with Gasteiger partial charge in [-0.1, -0.05) is 206 Å². The van der Waals surface area contributed by atoms with Crippen molar-refractivity contribution in [2.24, 2.45) is 0 Å². The van der Waals surface area contributed by atoms with E-state index in [1.807, 2.05) is 0 Å². The van der Waals surface area contributed by atoms with Gasteiger partial charge in [0.2, 0.25) is 0 Å². The molecule has 0 saturated heterocycles. The molecule has 7 aromatic carbocycles. The van der Waals surface area contributed by atoms with Crippen molar-refractivity contribution in [3.8, 4) is 22.3 Å². The summed E-state index contributed by atoms with van der Waals surface area (Å²) in [6.07, 6.45) is 25.0. The molecule has 2 bridgehead atoms. The van der Waals surface area contributed by atoms with Crippen LogP contribution in [0.2, 0.25) is 0 Å². The SMILES string of the molecule is C1=CCCC(c2c3cccc2C(c2ccccc2)(c2ccccc2N(C2=CCCC=C2c2ccccc2)c2ccc(C4=CCCC=C4)cc2)c2ccccc2-c2ccccc2-3)=C1. The van der Waals surface area contributed by atoms with Gasteiger partial charge in [-0.05, 0) is 129 Å². The van der Waals surface area contributed by atoms with Crippen molar-refractivity contribution in [2.45, 2.75) is 43.9 Å². The quantitative estimate of drug-likeness (QED) is 0.148. The smallest absolute Gasteiger partial charge is 0.0734 e. The minimum atomic E-state index is -0.739. The highest BCUT2D eigenvalue weighted by Crippen LogP contribution is 2.58. The lowest BCUT2D eigenvalue weighted by atomic mass is 9.59. The third-order valence-corrected chi connectivity index (χ3v) is 13.3. The minimum absolute atomic E-state index is 0.739. The summed E-state index contributed by atoms with van der Waals surface area (Å²) in [6, 6.07) is 66.4. The van der Waals surface area contributed by atoms with Gasteiger partial charge in [0.05, 0.1) is 11.1 Å². The van der Waals surface area contributed by atoms with Crippen LogP contribution in [-0.4, -0.2) is 0 Å². The number of allylic oxidation sites excluding steroid dienone is 11. The number of benzene rings is 7. The summed E-state index contributed by atoms with van der Waals surface area (Å²) >= 11 is 0. The first-order chi connectivity index (χ1) is 30.8. The Labute approximate surface area is 366 Å². The van der Waals surface area contributed by atoms with Crippen LogP contribution in [0.5, 0.6) is 0 Å². The first-order valence-corrected chi connectivity index (χ1v) is 22.4. The van der Waals surface area contributed by atoms with E-state index in [0.29, 0.717) is 0 Å². The Morgan fingerprint density at radius 2 is 1.08 bits per heavy atom. The molecular weight excluding hydrogens is 747 g/mol. The molecule has 0 saturated carbocycles. The zero-order valence-electron chi connectivity index (χ0n) is 35.1. The van der Waals surface area contributed by atoms with E-state index in [1.165, 1.54) is 83.6 Å². The van der Waals surface area contributed by atoms with E-state index in [2.05, 4.69) is 229 Å². The molecule has 0 aromatic heterocycles. The zero-order valence-corrected chi connectivity index (χ0v) is 35.1. The summed E-state index contributed by atoms with van der Waals surface area (Å²) in [5, 5.41) is 0. The highest BCUT2D eigenvalue weighted by Gasteiger charge is 2.46. The highest BCUT2D eigenvalue weighted by atomic mass is 15.2. The largest absolute Gasteiger partial charge is 0.310 e. The summed E-state index contributed by atoms with van der Waals surface area (Å²) in [6.45, 7) is 0. The van der Waals surface area contributed by atoms with E-state index >= 15 is 0 Å². The molecule has 11 rings (SSSR count). The molecule has 0 aliphatic heterocycles. The van der Waals surface area contributed by atoms with Gasteiger partial charge in [0.25, 0.3) is 0 Å². The van der Waals surface area contributed by atoms with E-state index in [4.69, 9.17) is 0 Å². The summed E-state index contributed by atoms with van der Waals surface area (Å²) in [5.41, 5.74) is 20.7. The fraction of sp³-hybridized carbons (Fsp3) is 0.115. The van der Waals surface area contributed by atoms with Gasteiger partial charge < -0.3 is 4.90 Å². The molecule has 298 valence electrons. The topological polar surface area (TPSA) is 3.24 Å². The molecule has 0 spiro atoms. The predicted octanol–water partition coefficient (Wildman–Crippen LogP) is 16.1. The lowest BCUT2D eigenvalue weighted by Crippen LogP contribution is -2.35. The minimum Gasteiger partial charge on any atom is -0.310 e. The van der Waals surface area contributed by atoms with E-state index in [9.17, 15) is 0 Å². The molecule has 0 N–H and O–H groups in total. The van der Waals surface area contributed by atoms with Crippen molar-refractivity contribution < 1.29 is 0 Å². The molecule has 1 atom stereocenters. The van der Waals surface area contributed by atoms with Crippen molar-refractivity contribution in [1.29, 1.82) is 0 Å². The fourth-order valence-electron chi connectivity index (χ4n) is 10.6. The predicted molar refractivity (Wildman–Crippen MR) is 262 cm³/mol. The molecule has 4 aliphatic carbocycles. The Morgan fingerprint density at radius 3 is 1.84 bits per heavy atom. The van der Waals surface area contributed by atoms with Gasteiger partial charge in [-0.15, -0.1) is 0 Å². The monoisotopic (exact) mass is 795 g/mol. The molecule has 0 amide bonds. The van der Waals surface area contributed by atoms with Crippen LogP contribution in [0.15, 0.2) is 230 Å². The molecule has 0 fully saturated rings. The van der Waals surface area contributed by atoms with Crippen LogP contribution >= 0.6 is 0 Å². The van der Waals surface area contributed by atoms with Crippen LogP contribution in [0.25, 0.3) is 39.0 Å². The van der Waals surface area contributed by atoms with Crippen molar-refractivity contribution >= 4 is 28.1 Å². The standard InChI is InChI=1S/C61H49N/c1-5-22-44(23-6-1)45-40-42-49(43-41-45)62(58-38-19-16-30-50(58)46-24-7-2-8-25-46)59-39-20-18-36-56(59)61(48-28-11-4-12-29-48)55-35-17-15-33-53(55)51-31-13-14-32-52(51)54-34-21-37-57(61)60(54)47-26-9-3-10-27-47/h2-5,7-9,11-15,17-18,20-26,28-43H,1,6,10,16,19,27H2. The lowest BCUT2D eigenvalue weighted by molar-refractivity contribution is 0.741. The third kappa shape index (κ3) is 6.39. The van der Waals surface area contributed by atoms with E-state index in [0.717, 1.165) is 49.9 Å². The van der Waals surface area contributed by atoms with Crippen LogP contribution in [0, 0.1) is 0 Å². The Balaban J connectivity index is 1.26. The molecule has 0 heterocycles. The van der Waals surface area contributed by atoms with E-state index in [-0.39, 0.29) is 0 Å². The second kappa shape index (κ2) is 16.3. The summed E-state index contributed by atoms with van der Waals surface area (Å²) in [5.74, 6) is 0. The third-order valence-electron chi connectivity index (χ3n) is 13.3. The fourth-order valence-corrected chi connectivity index (χ4v) is 10.6. The van der Waals surface area contributed by atoms with Gasteiger partial charge in [-0.2, -0.15) is 0 Å². The van der Waals surface area contributed by atoms with Crippen molar-refractivity contribution in [3.63, 3.8) is 0 Å². The number of rotatable bonds is 8. The maximum absolute atomic E-state index is 2.58. The van der Waals surface area contributed by atoms with Crippen LogP contribution in [0.1, 0.15) is 77.5 Å². The summed E-state index contributed by atoms with van der Waals surface area (Å²) in [4.78, 5) is 2.58. The number of hydrogen-bond acceptors (Lipinski definition) is 1. The number of anilines is 2. The van der Waals surface area contributed by atoms with Gasteiger partial charge in [0, 0.05) is 17.0 Å². The van der Waals surface area contributed by atoms with Gasteiger partial charge in [-0.3, -0.25) is 0 Å². The number of fused-ring (bicyclic) bond motifs is 6. The van der Waals surface area contributed by atoms with Gasteiger partial charge in [-0.25, -0.2) is 0 Å². The first-order valence-electron chi connectivity index (χ1n) is 22.4. The van der Waals surface area contributed by atoms with Crippen LogP contribution < -0.4 is 4.90 Å². The molecule has 0 radical (unpaired) electrons. The lowest BCUT2D eigenvalue weighted by Gasteiger charge is -2.44. The Morgan fingerprint density at radius 1 is 0.435 bits per heavy atom. The van der Waals surface area contributed by atoms with E-state index in [1.54, 1.807) is 0 Å². The van der Waals surface area contributed by atoms with Gasteiger partial charge >= 0.3 is 0 Å². The first kappa shape index (κ1) is 37.8. The van der Waals surface area contributed by atoms with Crippen LogP contribution in [0.3, 0.4) is 0 Å². The van der Waals surface area contributed by atoms with Crippen molar-refractivity contribution in [2.75, 3.05) is 4.90 Å². The average molecular weight is 796 g/mol. The second-order valence-electron chi connectivity index (χ2n) is 16.8. The van der Waals surface area contributed by atoms with Gasteiger partial charge in [0.1, 0.15) is 0 Å². The Bertz CT molecular complexity index is 2990. The average Bonchev–Trinajstić information content (AvgIpc) is 3.36. The molecule has 4 aliphatic rings. The van der Waals surface area contributed by atoms with Gasteiger partial charge in [0.15, 0.2) is 0 Å². The molecule has 1 nitrogen and oxygen atoms in total. The summed E-state index contributed by atoms with van der Waals surface area (Å²) < 4.78 is 0. The maximum Gasteiger partial charge on any atom is 0.0734 e.